The average Bonchev–Trinajstić information content (AvgIpc) is 3.40. The van der Waals surface area contributed by atoms with Crippen molar-refractivity contribution in [3.05, 3.63) is 89.0 Å². The number of nitriles is 1. The van der Waals surface area contributed by atoms with Crippen LogP contribution in [0.25, 0.3) is 11.1 Å². The second-order valence-electron chi connectivity index (χ2n) is 9.99. The number of aromatic nitrogens is 1. The molecule has 5 rings (SSSR count). The lowest BCUT2D eigenvalue weighted by Crippen LogP contribution is -2.46. The summed E-state index contributed by atoms with van der Waals surface area (Å²) < 4.78 is 60.3. The Bertz CT molecular complexity index is 1580. The number of rotatable bonds is 6. The zero-order valence-electron chi connectivity index (χ0n) is 21.5. The summed E-state index contributed by atoms with van der Waals surface area (Å²) in [6.07, 6.45) is -4.84. The van der Waals surface area contributed by atoms with E-state index in [0.717, 1.165) is 19.1 Å². The van der Waals surface area contributed by atoms with Crippen molar-refractivity contribution in [2.45, 2.75) is 50.0 Å². The predicted octanol–water partition coefficient (Wildman–Crippen LogP) is 5.08. The van der Waals surface area contributed by atoms with Gasteiger partial charge in [-0.15, -0.1) is 0 Å². The van der Waals surface area contributed by atoms with Crippen LogP contribution in [0.2, 0.25) is 0 Å². The first kappa shape index (κ1) is 27.8. The van der Waals surface area contributed by atoms with Gasteiger partial charge < -0.3 is 9.64 Å². The van der Waals surface area contributed by atoms with Crippen molar-refractivity contribution < 1.29 is 36.7 Å². The Morgan fingerprint density at radius 2 is 1.88 bits per heavy atom. The van der Waals surface area contributed by atoms with E-state index < -0.39 is 60.4 Å². The minimum atomic E-state index is -4.74. The number of hydrogen-bond donors (Lipinski definition) is 1. The molecule has 2 aliphatic rings. The Morgan fingerprint density at radius 1 is 1.17 bits per heavy atom. The summed E-state index contributed by atoms with van der Waals surface area (Å²) in [6, 6.07) is 12.7. The number of hydrogen-bond acceptors (Lipinski definition) is 6. The fourth-order valence-electron chi connectivity index (χ4n) is 5.34. The van der Waals surface area contributed by atoms with E-state index in [2.05, 4.69) is 10.3 Å². The summed E-state index contributed by atoms with van der Waals surface area (Å²) in [4.78, 5) is 43.1. The molecule has 1 saturated heterocycles. The number of imide groups is 1. The van der Waals surface area contributed by atoms with Gasteiger partial charge in [-0.3, -0.25) is 14.9 Å². The first-order chi connectivity index (χ1) is 19.4. The van der Waals surface area contributed by atoms with Gasteiger partial charge in [0.15, 0.2) is 0 Å². The third kappa shape index (κ3) is 5.23. The van der Waals surface area contributed by atoms with Crippen LogP contribution < -0.4 is 5.32 Å². The zero-order chi connectivity index (χ0) is 29.5. The Balaban J connectivity index is 1.52. The Morgan fingerprint density at radius 3 is 2.51 bits per heavy atom. The third-order valence-corrected chi connectivity index (χ3v) is 7.47. The van der Waals surface area contributed by atoms with Gasteiger partial charge in [0.1, 0.15) is 23.6 Å². The highest BCUT2D eigenvalue weighted by atomic mass is 19.4. The zero-order valence-corrected chi connectivity index (χ0v) is 21.5. The topological polar surface area (TPSA) is 112 Å². The van der Waals surface area contributed by atoms with Gasteiger partial charge in [-0.2, -0.15) is 18.4 Å². The van der Waals surface area contributed by atoms with Crippen molar-refractivity contribution in [2.24, 2.45) is 0 Å². The number of alkyl halides is 3. The van der Waals surface area contributed by atoms with E-state index in [1.807, 2.05) is 6.07 Å². The molecule has 12 heteroatoms. The summed E-state index contributed by atoms with van der Waals surface area (Å²) in [5.74, 6) is -2.94. The molecule has 1 spiro atoms. The van der Waals surface area contributed by atoms with Crippen LogP contribution in [0.5, 0.6) is 0 Å². The second kappa shape index (κ2) is 10.3. The summed E-state index contributed by atoms with van der Waals surface area (Å²) in [5, 5.41) is 11.3. The molecule has 41 heavy (non-hydrogen) atoms. The molecule has 1 aromatic heterocycles. The monoisotopic (exact) mass is 566 g/mol. The quantitative estimate of drug-likeness (QED) is 0.417. The smallest absolute Gasteiger partial charge is 0.415 e. The number of amides is 3. The molecule has 0 saturated carbocycles. The lowest BCUT2D eigenvalue weighted by Gasteiger charge is -2.32. The van der Waals surface area contributed by atoms with E-state index in [0.29, 0.717) is 32.7 Å². The Labute approximate surface area is 231 Å². The summed E-state index contributed by atoms with van der Waals surface area (Å²) in [5.41, 5.74) is 0.729. The molecular formula is C29H22F4N4O4. The number of alkyl carbamates (subject to hydrolysis) is 1. The SMILES string of the molecule is C[C@H](N(Cc1ccc(F)cc1)C(=O)CC1C[C@@]2(OC(=O)NC2=O)c2ccc(-c3ccnc(C#N)c3)cc21)C(F)(F)F. The van der Waals surface area contributed by atoms with Crippen molar-refractivity contribution >= 4 is 17.9 Å². The number of halogens is 4. The molecule has 1 aliphatic heterocycles. The molecule has 3 amide bonds. The van der Waals surface area contributed by atoms with E-state index in [4.69, 9.17) is 4.74 Å². The van der Waals surface area contributed by atoms with E-state index in [1.54, 1.807) is 30.3 Å². The molecule has 1 aliphatic carbocycles. The highest BCUT2D eigenvalue weighted by molar-refractivity contribution is 6.04. The fourth-order valence-corrected chi connectivity index (χ4v) is 5.34. The van der Waals surface area contributed by atoms with Crippen molar-refractivity contribution in [3.8, 4) is 17.2 Å². The maximum absolute atomic E-state index is 13.8. The molecule has 0 bridgehead atoms. The summed E-state index contributed by atoms with van der Waals surface area (Å²) in [6.45, 7) is 0.444. The van der Waals surface area contributed by atoms with Crippen LogP contribution in [-0.4, -0.2) is 40.0 Å². The molecule has 2 aromatic carbocycles. The second-order valence-corrected chi connectivity index (χ2v) is 9.99. The highest BCUT2D eigenvalue weighted by Crippen LogP contribution is 2.51. The van der Waals surface area contributed by atoms with Gasteiger partial charge in [-0.1, -0.05) is 30.3 Å². The van der Waals surface area contributed by atoms with E-state index in [-0.39, 0.29) is 12.1 Å². The van der Waals surface area contributed by atoms with Gasteiger partial charge in [0.2, 0.25) is 11.5 Å². The summed E-state index contributed by atoms with van der Waals surface area (Å²) >= 11 is 0. The fraction of sp³-hybridized carbons (Fsp3) is 0.276. The normalized spacial score (nSPS) is 20.2. The molecule has 0 radical (unpaired) electrons. The predicted molar refractivity (Wildman–Crippen MR) is 135 cm³/mol. The lowest BCUT2D eigenvalue weighted by atomic mass is 9.93. The van der Waals surface area contributed by atoms with Crippen molar-refractivity contribution in [1.29, 1.82) is 5.26 Å². The van der Waals surface area contributed by atoms with E-state index in [1.165, 1.54) is 18.3 Å². The highest BCUT2D eigenvalue weighted by Gasteiger charge is 2.57. The van der Waals surface area contributed by atoms with Gasteiger partial charge in [0, 0.05) is 31.1 Å². The standard InChI is InChI=1S/C29H22F4N4O4/c1-16(29(31,32)33)37(15-17-2-5-21(30)6-3-17)25(38)12-20-13-28(26(39)36-27(40)41-28)24-7-4-18(11-23(20)24)19-8-9-35-22(10-19)14-34/h2-11,16,20H,12-13,15H2,1H3,(H,36,39,40)/t16-,20?,28+/m0/s1. The van der Waals surface area contributed by atoms with Crippen LogP contribution in [-0.2, 0) is 26.5 Å². The third-order valence-electron chi connectivity index (χ3n) is 7.47. The number of fused-ring (bicyclic) bond motifs is 2. The molecule has 3 aromatic rings. The number of nitrogens with zero attached hydrogens (tertiary/aromatic N) is 3. The first-order valence-corrected chi connectivity index (χ1v) is 12.6. The molecule has 1 unspecified atom stereocenters. The minimum Gasteiger partial charge on any atom is -0.427 e. The van der Waals surface area contributed by atoms with E-state index >= 15 is 0 Å². The van der Waals surface area contributed by atoms with Gasteiger partial charge in [0.05, 0.1) is 0 Å². The lowest BCUT2D eigenvalue weighted by molar-refractivity contribution is -0.187. The number of carbonyl (C=O) groups excluding carboxylic acids is 3. The van der Waals surface area contributed by atoms with Crippen LogP contribution in [0.4, 0.5) is 22.4 Å². The van der Waals surface area contributed by atoms with Gasteiger partial charge in [-0.25, -0.2) is 14.2 Å². The first-order valence-electron chi connectivity index (χ1n) is 12.6. The number of pyridine rings is 1. The minimum absolute atomic E-state index is 0.153. The van der Waals surface area contributed by atoms with Crippen molar-refractivity contribution in [2.75, 3.05) is 0 Å². The van der Waals surface area contributed by atoms with E-state index in [9.17, 15) is 37.2 Å². The Hall–Kier alpha value is -4.79. The largest absolute Gasteiger partial charge is 0.427 e. The number of benzene rings is 2. The number of nitrogens with one attached hydrogen (secondary N) is 1. The maximum Gasteiger partial charge on any atom is 0.415 e. The molecule has 1 N–H and O–H groups in total. The molecule has 1 fully saturated rings. The van der Waals surface area contributed by atoms with Crippen LogP contribution in [0.3, 0.4) is 0 Å². The van der Waals surface area contributed by atoms with Gasteiger partial charge in [0.25, 0.3) is 5.91 Å². The van der Waals surface area contributed by atoms with Crippen LogP contribution in [0, 0.1) is 17.1 Å². The summed E-state index contributed by atoms with van der Waals surface area (Å²) in [7, 11) is 0. The average molecular weight is 567 g/mol. The van der Waals surface area contributed by atoms with Crippen LogP contribution in [0.15, 0.2) is 60.8 Å². The molecular weight excluding hydrogens is 544 g/mol. The Kier molecular flexibility index (Phi) is 6.98. The number of ether oxygens (including phenoxy) is 1. The van der Waals surface area contributed by atoms with Crippen LogP contribution >= 0.6 is 0 Å². The van der Waals surface area contributed by atoms with Crippen molar-refractivity contribution in [3.63, 3.8) is 0 Å². The van der Waals surface area contributed by atoms with Gasteiger partial charge in [-0.05, 0) is 59.4 Å². The molecule has 210 valence electrons. The van der Waals surface area contributed by atoms with Gasteiger partial charge >= 0.3 is 12.3 Å². The maximum atomic E-state index is 13.8. The molecule has 3 atom stereocenters. The van der Waals surface area contributed by atoms with Crippen molar-refractivity contribution in [1.82, 2.24) is 15.2 Å². The number of carbonyl (C=O) groups is 3. The molecule has 8 nitrogen and oxygen atoms in total. The van der Waals surface area contributed by atoms with Crippen LogP contribution in [0.1, 0.15) is 48.1 Å². The molecule has 2 heterocycles.